The van der Waals surface area contributed by atoms with E-state index in [1.165, 1.54) is 0 Å². The summed E-state index contributed by atoms with van der Waals surface area (Å²) in [5, 5.41) is 16.9. The Morgan fingerprint density at radius 3 is 2.73 bits per heavy atom. The van der Waals surface area contributed by atoms with E-state index >= 15 is 0 Å². The van der Waals surface area contributed by atoms with E-state index in [0.717, 1.165) is 56.5 Å². The molecule has 0 bridgehead atoms. The molecule has 1 fully saturated rings. The summed E-state index contributed by atoms with van der Waals surface area (Å²) in [7, 11) is 0. The number of piperazine rings is 1. The van der Waals surface area contributed by atoms with Crippen LogP contribution in [-0.4, -0.2) is 58.7 Å². The molecule has 0 atom stereocenters. The molecule has 8 heteroatoms. The van der Waals surface area contributed by atoms with Crippen LogP contribution in [0, 0.1) is 0 Å². The van der Waals surface area contributed by atoms with Crippen LogP contribution in [0.25, 0.3) is 0 Å². The number of nitrogens with one attached hydrogen (secondary N) is 1. The molecule has 1 aromatic carbocycles. The van der Waals surface area contributed by atoms with Crippen LogP contribution in [0.4, 0.5) is 0 Å². The second-order valence-corrected chi connectivity index (χ2v) is 6.09. The van der Waals surface area contributed by atoms with E-state index in [1.54, 1.807) is 18.4 Å². The van der Waals surface area contributed by atoms with Gasteiger partial charge in [-0.15, -0.1) is 24.0 Å². The van der Waals surface area contributed by atoms with Crippen molar-refractivity contribution < 1.29 is 9.63 Å². The zero-order valence-corrected chi connectivity index (χ0v) is 17.3. The van der Waals surface area contributed by atoms with Crippen molar-refractivity contribution in [1.29, 1.82) is 0 Å². The fraction of sp³-hybridized carbons (Fsp3) is 0.444. The normalized spacial score (nSPS) is 15.6. The Balaban J connectivity index is 0.00000243. The third-order valence-corrected chi connectivity index (χ3v) is 4.21. The van der Waals surface area contributed by atoms with E-state index < -0.39 is 0 Å². The predicted molar refractivity (Wildman–Crippen MR) is 112 cm³/mol. The van der Waals surface area contributed by atoms with Gasteiger partial charge in [0.2, 0.25) is 0 Å². The standard InChI is InChI=1S/C18H25N5O2.HI/c1-2-19-18(20-13-15-4-3-5-17(24)12-15)23-9-7-22(8-10-23)14-16-6-11-25-21-16;/h3-6,11-12,24H,2,7-10,13-14H2,1H3,(H,19,20);1H. The predicted octanol–water partition coefficient (Wildman–Crippen LogP) is 2.28. The number of nitrogens with zero attached hydrogens (tertiary/aromatic N) is 4. The number of hydrogen-bond donors (Lipinski definition) is 2. The van der Waals surface area contributed by atoms with E-state index in [9.17, 15) is 5.11 Å². The van der Waals surface area contributed by atoms with Crippen molar-refractivity contribution in [3.05, 3.63) is 47.9 Å². The lowest BCUT2D eigenvalue weighted by Gasteiger charge is -2.36. The molecule has 2 N–H and O–H groups in total. The largest absolute Gasteiger partial charge is 0.508 e. The first kappa shape index (κ1) is 20.5. The number of hydrogen-bond acceptors (Lipinski definition) is 5. The first-order valence-corrected chi connectivity index (χ1v) is 8.67. The first-order valence-electron chi connectivity index (χ1n) is 8.67. The maximum Gasteiger partial charge on any atom is 0.194 e. The van der Waals surface area contributed by atoms with Gasteiger partial charge in [-0.1, -0.05) is 17.3 Å². The average Bonchev–Trinajstić information content (AvgIpc) is 3.12. The molecule has 26 heavy (non-hydrogen) atoms. The Morgan fingerprint density at radius 1 is 1.27 bits per heavy atom. The lowest BCUT2D eigenvalue weighted by molar-refractivity contribution is 0.169. The average molecular weight is 471 g/mol. The molecule has 1 aromatic heterocycles. The smallest absolute Gasteiger partial charge is 0.194 e. The van der Waals surface area contributed by atoms with Crippen LogP contribution in [0.15, 0.2) is 46.1 Å². The zero-order valence-electron chi connectivity index (χ0n) is 15.0. The molecular formula is C18H26IN5O2. The summed E-state index contributed by atoms with van der Waals surface area (Å²) in [5.74, 6) is 1.20. The number of phenolic OH excluding ortho intramolecular Hbond substituents is 1. The number of rotatable bonds is 5. The van der Waals surface area contributed by atoms with Gasteiger partial charge in [0.25, 0.3) is 0 Å². The number of halogens is 1. The summed E-state index contributed by atoms with van der Waals surface area (Å²) in [5.41, 5.74) is 1.97. The minimum absolute atomic E-state index is 0. The van der Waals surface area contributed by atoms with E-state index in [0.29, 0.717) is 6.54 Å². The minimum Gasteiger partial charge on any atom is -0.508 e. The number of phenols is 1. The highest BCUT2D eigenvalue weighted by Crippen LogP contribution is 2.12. The van der Waals surface area contributed by atoms with Gasteiger partial charge >= 0.3 is 0 Å². The second-order valence-electron chi connectivity index (χ2n) is 6.09. The van der Waals surface area contributed by atoms with Crippen molar-refractivity contribution in [2.24, 2.45) is 4.99 Å². The van der Waals surface area contributed by atoms with E-state index in [2.05, 4.69) is 27.2 Å². The van der Waals surface area contributed by atoms with Crippen LogP contribution in [0.3, 0.4) is 0 Å². The van der Waals surface area contributed by atoms with Crippen molar-refractivity contribution in [2.75, 3.05) is 32.7 Å². The van der Waals surface area contributed by atoms with Gasteiger partial charge in [0.05, 0.1) is 12.2 Å². The van der Waals surface area contributed by atoms with Crippen molar-refractivity contribution in [1.82, 2.24) is 20.3 Å². The molecule has 1 aliphatic rings. The zero-order chi connectivity index (χ0) is 17.5. The molecule has 7 nitrogen and oxygen atoms in total. The highest BCUT2D eigenvalue weighted by Gasteiger charge is 2.20. The number of aromatic hydroxyl groups is 1. The molecule has 0 saturated carbocycles. The van der Waals surface area contributed by atoms with E-state index in [-0.39, 0.29) is 29.7 Å². The van der Waals surface area contributed by atoms with Gasteiger partial charge < -0.3 is 19.8 Å². The first-order chi connectivity index (χ1) is 12.2. The fourth-order valence-electron chi connectivity index (χ4n) is 2.91. The molecule has 0 amide bonds. The molecule has 142 valence electrons. The third kappa shape index (κ3) is 5.87. The molecule has 2 heterocycles. The van der Waals surface area contributed by atoms with Crippen LogP contribution in [0.5, 0.6) is 5.75 Å². The quantitative estimate of drug-likeness (QED) is 0.396. The van der Waals surface area contributed by atoms with Gasteiger partial charge in [-0.25, -0.2) is 4.99 Å². The monoisotopic (exact) mass is 471 g/mol. The van der Waals surface area contributed by atoms with Crippen molar-refractivity contribution >= 4 is 29.9 Å². The molecular weight excluding hydrogens is 445 g/mol. The van der Waals surface area contributed by atoms with E-state index in [4.69, 9.17) is 9.52 Å². The van der Waals surface area contributed by atoms with Crippen LogP contribution in [0.2, 0.25) is 0 Å². The number of benzene rings is 1. The van der Waals surface area contributed by atoms with Crippen LogP contribution in [0.1, 0.15) is 18.2 Å². The topological polar surface area (TPSA) is 77.1 Å². The molecule has 0 aliphatic carbocycles. The maximum atomic E-state index is 9.57. The molecule has 3 rings (SSSR count). The van der Waals surface area contributed by atoms with Crippen LogP contribution >= 0.6 is 24.0 Å². The summed E-state index contributed by atoms with van der Waals surface area (Å²) in [6, 6.07) is 9.15. The van der Waals surface area contributed by atoms with Crippen molar-refractivity contribution in [3.63, 3.8) is 0 Å². The lowest BCUT2D eigenvalue weighted by Crippen LogP contribution is -2.52. The van der Waals surface area contributed by atoms with Crippen LogP contribution in [-0.2, 0) is 13.1 Å². The third-order valence-electron chi connectivity index (χ3n) is 4.21. The van der Waals surface area contributed by atoms with E-state index in [1.807, 2.05) is 18.2 Å². The minimum atomic E-state index is 0. The van der Waals surface area contributed by atoms with Gasteiger partial charge in [-0.3, -0.25) is 4.90 Å². The molecule has 1 saturated heterocycles. The number of guanidine groups is 1. The molecule has 1 aliphatic heterocycles. The highest BCUT2D eigenvalue weighted by molar-refractivity contribution is 14.0. The number of aromatic nitrogens is 1. The van der Waals surface area contributed by atoms with Gasteiger partial charge in [0.15, 0.2) is 5.96 Å². The maximum absolute atomic E-state index is 9.57. The van der Waals surface area contributed by atoms with Crippen LogP contribution < -0.4 is 5.32 Å². The Kier molecular flexibility index (Phi) is 8.17. The van der Waals surface area contributed by atoms with Gasteiger partial charge in [-0.05, 0) is 24.6 Å². The Hall–Kier alpha value is -1.81. The lowest BCUT2D eigenvalue weighted by atomic mass is 10.2. The Bertz CT molecular complexity index is 685. The Morgan fingerprint density at radius 2 is 2.08 bits per heavy atom. The fourth-order valence-corrected chi connectivity index (χ4v) is 2.91. The summed E-state index contributed by atoms with van der Waals surface area (Å²) < 4.78 is 4.90. The summed E-state index contributed by atoms with van der Waals surface area (Å²) >= 11 is 0. The van der Waals surface area contributed by atoms with Gasteiger partial charge in [0, 0.05) is 45.3 Å². The summed E-state index contributed by atoms with van der Waals surface area (Å²) in [6.45, 7) is 8.04. The highest BCUT2D eigenvalue weighted by atomic mass is 127. The number of aliphatic imine (C=N–C) groups is 1. The second kappa shape index (κ2) is 10.4. The molecule has 0 radical (unpaired) electrons. The summed E-state index contributed by atoms with van der Waals surface area (Å²) in [6.07, 6.45) is 1.61. The molecule has 2 aromatic rings. The van der Waals surface area contributed by atoms with Crippen molar-refractivity contribution in [3.8, 4) is 5.75 Å². The molecule has 0 spiro atoms. The Labute approximate surface area is 171 Å². The summed E-state index contributed by atoms with van der Waals surface area (Å²) in [4.78, 5) is 9.38. The van der Waals surface area contributed by atoms with Crippen molar-refractivity contribution in [2.45, 2.75) is 20.0 Å². The SMILES string of the molecule is CCNC(=NCc1cccc(O)c1)N1CCN(Cc2ccon2)CC1.I. The van der Waals surface area contributed by atoms with Gasteiger partial charge in [0.1, 0.15) is 12.0 Å². The molecule has 0 unspecified atom stereocenters. The van der Waals surface area contributed by atoms with Gasteiger partial charge in [-0.2, -0.15) is 0 Å².